The molecule has 2 N–H and O–H groups in total. The van der Waals surface area contributed by atoms with Gasteiger partial charge in [0.1, 0.15) is 23.4 Å². The maximum atomic E-state index is 12.9. The second-order valence-electron chi connectivity index (χ2n) is 5.11. The quantitative estimate of drug-likeness (QED) is 0.442. The first-order valence-electron chi connectivity index (χ1n) is 7.71. The van der Waals surface area contributed by atoms with Gasteiger partial charge < -0.3 is 9.47 Å². The number of carbonyl (C=O) groups is 1. The van der Waals surface area contributed by atoms with Crippen molar-refractivity contribution in [3.05, 3.63) is 54.1 Å². The Kier molecular flexibility index (Phi) is 7.21. The van der Waals surface area contributed by atoms with Crippen LogP contribution in [-0.4, -0.2) is 29.0 Å². The van der Waals surface area contributed by atoms with Crippen LogP contribution in [-0.2, 0) is 15.6 Å². The number of nitrogens with one attached hydrogen (secondary N) is 1. The number of benzene rings is 2. The Hall–Kier alpha value is -2.82. The smallest absolute Gasteiger partial charge is 0.263 e. The van der Waals surface area contributed by atoms with E-state index in [9.17, 15) is 9.00 Å². The van der Waals surface area contributed by atoms with Gasteiger partial charge >= 0.3 is 0 Å². The van der Waals surface area contributed by atoms with Crippen LogP contribution in [0.5, 0.6) is 11.5 Å². The molecule has 7 heteroatoms. The zero-order valence-corrected chi connectivity index (χ0v) is 15.2. The summed E-state index contributed by atoms with van der Waals surface area (Å²) in [5, 5.41) is 7.97. The van der Waals surface area contributed by atoms with Gasteiger partial charge in [-0.25, -0.2) is 5.48 Å². The average Bonchev–Trinajstić information content (AvgIpc) is 2.69. The van der Waals surface area contributed by atoms with Crippen molar-refractivity contribution in [1.29, 1.82) is 0 Å². The lowest BCUT2D eigenvalue weighted by atomic mass is 10.1. The number of hydrogen-bond acceptors (Lipinski definition) is 5. The topological polar surface area (TPSA) is 84.9 Å². The zero-order chi connectivity index (χ0) is 18.9. The van der Waals surface area contributed by atoms with Gasteiger partial charge in [-0.3, -0.25) is 14.2 Å². The van der Waals surface area contributed by atoms with Crippen LogP contribution in [0.1, 0.15) is 17.7 Å². The van der Waals surface area contributed by atoms with Gasteiger partial charge in [0.25, 0.3) is 5.91 Å². The second kappa shape index (κ2) is 9.61. The molecule has 2 atom stereocenters. The van der Waals surface area contributed by atoms with Gasteiger partial charge in [0.2, 0.25) is 0 Å². The van der Waals surface area contributed by atoms with Crippen molar-refractivity contribution in [1.82, 2.24) is 5.48 Å². The van der Waals surface area contributed by atoms with E-state index in [1.165, 1.54) is 7.11 Å². The number of carbonyl (C=O) groups excluding carboxylic acids is 1. The van der Waals surface area contributed by atoms with E-state index in [1.807, 2.05) is 0 Å². The maximum Gasteiger partial charge on any atom is 0.263 e. The third-order valence-electron chi connectivity index (χ3n) is 3.52. The first kappa shape index (κ1) is 19.5. The summed E-state index contributed by atoms with van der Waals surface area (Å²) in [5.41, 5.74) is 2.08. The number of ether oxygens (including phenoxy) is 2. The molecule has 2 unspecified atom stereocenters. The Balaban J connectivity index is 2.25. The molecule has 0 aromatic heterocycles. The Morgan fingerprint density at radius 3 is 2.31 bits per heavy atom. The summed E-state index contributed by atoms with van der Waals surface area (Å²) >= 11 is 0. The molecule has 6 nitrogen and oxygen atoms in total. The number of hydrogen-bond donors (Lipinski definition) is 2. The Labute approximate surface area is 154 Å². The van der Waals surface area contributed by atoms with Crippen molar-refractivity contribution in [2.75, 3.05) is 13.7 Å². The highest BCUT2D eigenvalue weighted by atomic mass is 32.2. The number of rotatable bonds is 7. The Bertz CT molecular complexity index is 822. The average molecular weight is 373 g/mol. The SMILES string of the molecule is CC#CCOc1ccc(S(=O)C(C(=O)NO)c2ccc(OC)cc2)cc1. The monoisotopic (exact) mass is 373 g/mol. The molecule has 2 aromatic carbocycles. The molecule has 0 spiro atoms. The molecule has 0 radical (unpaired) electrons. The molecule has 2 aromatic rings. The molecule has 1 amide bonds. The molecule has 2 rings (SSSR count). The highest BCUT2D eigenvalue weighted by Gasteiger charge is 2.28. The highest BCUT2D eigenvalue weighted by molar-refractivity contribution is 7.86. The van der Waals surface area contributed by atoms with Gasteiger partial charge in [0.05, 0.1) is 17.9 Å². The fraction of sp³-hybridized carbons (Fsp3) is 0.211. The lowest BCUT2D eigenvalue weighted by molar-refractivity contribution is -0.128. The summed E-state index contributed by atoms with van der Waals surface area (Å²) < 4.78 is 23.4. The third-order valence-corrected chi connectivity index (χ3v) is 5.18. The van der Waals surface area contributed by atoms with E-state index < -0.39 is 22.0 Å². The molecule has 136 valence electrons. The van der Waals surface area contributed by atoms with Crippen LogP contribution >= 0.6 is 0 Å². The van der Waals surface area contributed by atoms with Crippen LogP contribution in [0.2, 0.25) is 0 Å². The molecular formula is C19H19NO5S. The molecule has 0 bridgehead atoms. The maximum absolute atomic E-state index is 12.9. The van der Waals surface area contributed by atoms with Crippen LogP contribution in [0, 0.1) is 11.8 Å². The van der Waals surface area contributed by atoms with Crippen molar-refractivity contribution in [2.24, 2.45) is 0 Å². The van der Waals surface area contributed by atoms with Crippen molar-refractivity contribution < 1.29 is 23.7 Å². The summed E-state index contributed by atoms with van der Waals surface area (Å²) in [6, 6.07) is 13.2. The lowest BCUT2D eigenvalue weighted by Gasteiger charge is -2.16. The second-order valence-corrected chi connectivity index (χ2v) is 6.65. The zero-order valence-electron chi connectivity index (χ0n) is 14.4. The molecule has 0 saturated heterocycles. The number of amides is 1. The molecule has 26 heavy (non-hydrogen) atoms. The van der Waals surface area contributed by atoms with E-state index in [1.54, 1.807) is 60.9 Å². The van der Waals surface area contributed by atoms with Crippen molar-refractivity contribution in [3.8, 4) is 23.3 Å². The fourth-order valence-electron chi connectivity index (χ4n) is 2.21. The molecule has 0 aliphatic rings. The Morgan fingerprint density at radius 2 is 1.77 bits per heavy atom. The van der Waals surface area contributed by atoms with E-state index in [2.05, 4.69) is 11.8 Å². The summed E-state index contributed by atoms with van der Waals surface area (Å²) in [4.78, 5) is 12.5. The molecule has 0 aliphatic carbocycles. The van der Waals surface area contributed by atoms with Gasteiger partial charge in [-0.05, 0) is 48.9 Å². The standard InChI is InChI=1S/C19H19NO5S/c1-3-4-13-25-16-9-11-17(12-10-16)26(23)18(19(21)20-22)14-5-7-15(24-2)8-6-14/h5-12,18,22H,13H2,1-2H3,(H,20,21). The Morgan fingerprint density at radius 1 is 1.15 bits per heavy atom. The van der Waals surface area contributed by atoms with E-state index in [0.29, 0.717) is 22.0 Å². The van der Waals surface area contributed by atoms with Gasteiger partial charge in [0.15, 0.2) is 0 Å². The molecular weight excluding hydrogens is 354 g/mol. The fourth-order valence-corrected chi connectivity index (χ4v) is 3.54. The normalized spacial score (nSPS) is 12.3. The molecule has 0 heterocycles. The van der Waals surface area contributed by atoms with Crippen LogP contribution in [0.4, 0.5) is 0 Å². The first-order chi connectivity index (χ1) is 12.6. The van der Waals surface area contributed by atoms with Gasteiger partial charge in [0, 0.05) is 4.90 Å². The highest BCUT2D eigenvalue weighted by Crippen LogP contribution is 2.28. The molecule has 0 aliphatic heterocycles. The largest absolute Gasteiger partial charge is 0.497 e. The van der Waals surface area contributed by atoms with E-state index >= 15 is 0 Å². The van der Waals surface area contributed by atoms with Crippen LogP contribution < -0.4 is 15.0 Å². The van der Waals surface area contributed by atoms with Crippen LogP contribution in [0.15, 0.2) is 53.4 Å². The number of hydroxylamine groups is 1. The van der Waals surface area contributed by atoms with Crippen molar-refractivity contribution in [2.45, 2.75) is 17.1 Å². The summed E-state index contributed by atoms with van der Waals surface area (Å²) in [6.07, 6.45) is 0. The predicted molar refractivity (Wildman–Crippen MR) is 97.5 cm³/mol. The summed E-state index contributed by atoms with van der Waals surface area (Å²) in [5.74, 6) is 5.95. The minimum Gasteiger partial charge on any atom is -0.497 e. The summed E-state index contributed by atoms with van der Waals surface area (Å²) in [7, 11) is -0.194. The molecule has 0 fully saturated rings. The van der Waals surface area contributed by atoms with Crippen LogP contribution in [0.25, 0.3) is 0 Å². The molecule has 0 saturated carbocycles. The minimum absolute atomic E-state index is 0.264. The third kappa shape index (κ3) is 4.85. The first-order valence-corrected chi connectivity index (χ1v) is 8.93. The van der Waals surface area contributed by atoms with E-state index in [-0.39, 0.29) is 6.61 Å². The van der Waals surface area contributed by atoms with Gasteiger partial charge in [-0.1, -0.05) is 18.1 Å². The predicted octanol–water partition coefficient (Wildman–Crippen LogP) is 2.45. The van der Waals surface area contributed by atoms with Crippen LogP contribution in [0.3, 0.4) is 0 Å². The summed E-state index contributed by atoms with van der Waals surface area (Å²) in [6.45, 7) is 1.99. The number of methoxy groups -OCH3 is 1. The van der Waals surface area contributed by atoms with E-state index in [4.69, 9.17) is 14.7 Å². The van der Waals surface area contributed by atoms with Gasteiger partial charge in [-0.2, -0.15) is 0 Å². The van der Waals surface area contributed by atoms with Crippen molar-refractivity contribution in [3.63, 3.8) is 0 Å². The lowest BCUT2D eigenvalue weighted by Crippen LogP contribution is -2.29. The van der Waals surface area contributed by atoms with E-state index in [0.717, 1.165) is 0 Å². The minimum atomic E-state index is -1.72. The van der Waals surface area contributed by atoms with Gasteiger partial charge in [-0.15, -0.1) is 5.92 Å². The van der Waals surface area contributed by atoms with Crippen molar-refractivity contribution >= 4 is 16.7 Å².